The van der Waals surface area contributed by atoms with Crippen molar-refractivity contribution >= 4 is 27.7 Å². The Labute approximate surface area is 115 Å². The lowest BCUT2D eigenvalue weighted by atomic mass is 10.2. The van der Waals surface area contributed by atoms with Crippen molar-refractivity contribution in [2.45, 2.75) is 6.92 Å². The van der Waals surface area contributed by atoms with Crippen molar-refractivity contribution in [2.24, 2.45) is 0 Å². The second-order valence-corrected chi connectivity index (χ2v) is 4.90. The van der Waals surface area contributed by atoms with Gasteiger partial charge in [0, 0.05) is 18.8 Å². The third-order valence-electron chi connectivity index (χ3n) is 2.60. The number of amides is 1. The normalized spacial score (nSPS) is 10.2. The molecular weight excluding hydrogens is 292 g/mol. The van der Waals surface area contributed by atoms with Crippen molar-refractivity contribution in [1.29, 1.82) is 0 Å². The molecular formula is C14H13BrN2O. The summed E-state index contributed by atoms with van der Waals surface area (Å²) in [4.78, 5) is 18.1. The van der Waals surface area contributed by atoms with Crippen LogP contribution in [0, 0.1) is 6.92 Å². The Morgan fingerprint density at radius 3 is 2.56 bits per heavy atom. The van der Waals surface area contributed by atoms with Gasteiger partial charge in [-0.1, -0.05) is 18.2 Å². The Balaban J connectivity index is 2.31. The minimum Gasteiger partial charge on any atom is -0.295 e. The molecule has 18 heavy (non-hydrogen) atoms. The molecule has 0 bridgehead atoms. The number of rotatable bonds is 2. The predicted molar refractivity (Wildman–Crippen MR) is 75.8 cm³/mol. The highest BCUT2D eigenvalue weighted by Crippen LogP contribution is 2.24. The van der Waals surface area contributed by atoms with Crippen LogP contribution in [0.15, 0.2) is 47.1 Å². The predicted octanol–water partition coefficient (Wildman–Crippen LogP) is 3.43. The number of hydrogen-bond donors (Lipinski definition) is 0. The number of nitrogens with zero attached hydrogens (tertiary/aromatic N) is 2. The molecule has 0 saturated heterocycles. The van der Waals surface area contributed by atoms with Crippen LogP contribution in [0.2, 0.25) is 0 Å². The fourth-order valence-electron chi connectivity index (χ4n) is 1.64. The van der Waals surface area contributed by atoms with Crippen molar-refractivity contribution in [3.05, 3.63) is 58.2 Å². The number of aromatic nitrogens is 1. The standard InChI is InChI=1S/C14H13BrN2O/c1-10-8-12(15)13(16-9-10)17(2)14(18)11-6-4-3-5-7-11/h3-9H,1-2H3. The zero-order valence-electron chi connectivity index (χ0n) is 10.2. The quantitative estimate of drug-likeness (QED) is 0.851. The number of aryl methyl sites for hydroxylation is 1. The van der Waals surface area contributed by atoms with Crippen molar-refractivity contribution < 1.29 is 4.79 Å². The third-order valence-corrected chi connectivity index (χ3v) is 3.19. The van der Waals surface area contributed by atoms with E-state index in [1.807, 2.05) is 31.2 Å². The van der Waals surface area contributed by atoms with Crippen LogP contribution in [0.3, 0.4) is 0 Å². The topological polar surface area (TPSA) is 33.2 Å². The maximum atomic E-state index is 12.2. The van der Waals surface area contributed by atoms with Crippen LogP contribution in [0.5, 0.6) is 0 Å². The first kappa shape index (κ1) is 12.8. The number of pyridine rings is 1. The lowest BCUT2D eigenvalue weighted by molar-refractivity contribution is 0.0992. The Kier molecular flexibility index (Phi) is 3.77. The number of halogens is 1. The zero-order chi connectivity index (χ0) is 13.1. The molecule has 0 saturated carbocycles. The first-order chi connectivity index (χ1) is 8.59. The van der Waals surface area contributed by atoms with E-state index >= 15 is 0 Å². The maximum absolute atomic E-state index is 12.2. The van der Waals surface area contributed by atoms with Crippen molar-refractivity contribution in [3.63, 3.8) is 0 Å². The van der Waals surface area contributed by atoms with Gasteiger partial charge in [-0.3, -0.25) is 9.69 Å². The van der Waals surface area contributed by atoms with Gasteiger partial charge in [-0.25, -0.2) is 4.98 Å². The van der Waals surface area contributed by atoms with E-state index in [9.17, 15) is 4.79 Å². The Bertz CT molecular complexity index is 569. The van der Waals surface area contributed by atoms with E-state index in [1.165, 1.54) is 0 Å². The van der Waals surface area contributed by atoms with E-state index in [2.05, 4.69) is 20.9 Å². The van der Waals surface area contributed by atoms with Gasteiger partial charge in [0.2, 0.25) is 0 Å². The highest BCUT2D eigenvalue weighted by atomic mass is 79.9. The first-order valence-corrected chi connectivity index (χ1v) is 6.34. The number of anilines is 1. The fraction of sp³-hybridized carbons (Fsp3) is 0.143. The summed E-state index contributed by atoms with van der Waals surface area (Å²) in [5.74, 6) is 0.544. The summed E-state index contributed by atoms with van der Waals surface area (Å²) in [7, 11) is 1.72. The second kappa shape index (κ2) is 5.31. The number of hydrogen-bond acceptors (Lipinski definition) is 2. The minimum absolute atomic E-state index is 0.0762. The maximum Gasteiger partial charge on any atom is 0.259 e. The van der Waals surface area contributed by atoms with E-state index in [4.69, 9.17) is 0 Å². The van der Waals surface area contributed by atoms with E-state index in [0.717, 1.165) is 10.0 Å². The van der Waals surface area contributed by atoms with Gasteiger partial charge in [-0.05, 0) is 46.6 Å². The minimum atomic E-state index is -0.0762. The molecule has 3 nitrogen and oxygen atoms in total. The molecule has 0 N–H and O–H groups in total. The Hall–Kier alpha value is -1.68. The highest BCUT2D eigenvalue weighted by Gasteiger charge is 2.16. The molecule has 2 rings (SSSR count). The molecule has 4 heteroatoms. The van der Waals surface area contributed by atoms with Gasteiger partial charge < -0.3 is 0 Å². The second-order valence-electron chi connectivity index (χ2n) is 4.05. The summed E-state index contributed by atoms with van der Waals surface area (Å²) >= 11 is 3.43. The van der Waals surface area contributed by atoms with E-state index in [0.29, 0.717) is 11.4 Å². The van der Waals surface area contributed by atoms with Crippen LogP contribution >= 0.6 is 15.9 Å². The van der Waals surface area contributed by atoms with Gasteiger partial charge in [0.05, 0.1) is 4.47 Å². The summed E-state index contributed by atoms with van der Waals surface area (Å²) in [6.45, 7) is 1.96. The number of benzene rings is 1. The molecule has 0 radical (unpaired) electrons. The summed E-state index contributed by atoms with van der Waals surface area (Å²) in [6.07, 6.45) is 1.74. The molecule has 1 aromatic heterocycles. The average molecular weight is 305 g/mol. The molecule has 92 valence electrons. The molecule has 0 fully saturated rings. The third kappa shape index (κ3) is 2.59. The van der Waals surface area contributed by atoms with E-state index in [1.54, 1.807) is 30.3 Å². The van der Waals surface area contributed by atoms with Crippen molar-refractivity contribution in [2.75, 3.05) is 11.9 Å². The molecule has 0 atom stereocenters. The first-order valence-electron chi connectivity index (χ1n) is 5.55. The molecule has 0 aliphatic heterocycles. The van der Waals surface area contributed by atoms with Crippen molar-refractivity contribution in [1.82, 2.24) is 4.98 Å². The van der Waals surface area contributed by atoms with Crippen LogP contribution < -0.4 is 4.90 Å². The molecule has 1 heterocycles. The summed E-state index contributed by atoms with van der Waals surface area (Å²) in [6, 6.07) is 11.1. The molecule has 0 aliphatic carbocycles. The van der Waals surface area contributed by atoms with E-state index in [-0.39, 0.29) is 5.91 Å². The van der Waals surface area contributed by atoms with Gasteiger partial charge >= 0.3 is 0 Å². The monoisotopic (exact) mass is 304 g/mol. The average Bonchev–Trinajstić information content (AvgIpc) is 2.38. The number of carbonyl (C=O) groups is 1. The lowest BCUT2D eigenvalue weighted by Crippen LogP contribution is -2.27. The van der Waals surface area contributed by atoms with Crippen LogP contribution in [-0.2, 0) is 0 Å². The van der Waals surface area contributed by atoms with Gasteiger partial charge in [0.25, 0.3) is 5.91 Å². The molecule has 0 spiro atoms. The van der Waals surface area contributed by atoms with Gasteiger partial charge in [-0.15, -0.1) is 0 Å². The summed E-state index contributed by atoms with van der Waals surface area (Å²) in [5.41, 5.74) is 1.69. The Morgan fingerprint density at radius 2 is 1.94 bits per heavy atom. The molecule has 1 amide bonds. The van der Waals surface area contributed by atoms with Crippen molar-refractivity contribution in [3.8, 4) is 0 Å². The molecule has 1 aromatic carbocycles. The summed E-state index contributed by atoms with van der Waals surface area (Å²) in [5, 5.41) is 0. The molecule has 2 aromatic rings. The molecule has 0 aliphatic rings. The van der Waals surface area contributed by atoms with Crippen LogP contribution in [0.4, 0.5) is 5.82 Å². The van der Waals surface area contributed by atoms with Crippen LogP contribution in [-0.4, -0.2) is 17.9 Å². The number of carbonyl (C=O) groups excluding carboxylic acids is 1. The lowest BCUT2D eigenvalue weighted by Gasteiger charge is -2.17. The Morgan fingerprint density at radius 1 is 1.28 bits per heavy atom. The van der Waals surface area contributed by atoms with Crippen LogP contribution in [0.25, 0.3) is 0 Å². The zero-order valence-corrected chi connectivity index (χ0v) is 11.8. The molecule has 0 unspecified atom stereocenters. The smallest absolute Gasteiger partial charge is 0.259 e. The highest BCUT2D eigenvalue weighted by molar-refractivity contribution is 9.10. The van der Waals surface area contributed by atoms with Gasteiger partial charge in [0.15, 0.2) is 0 Å². The summed E-state index contributed by atoms with van der Waals surface area (Å²) < 4.78 is 0.814. The van der Waals surface area contributed by atoms with Gasteiger partial charge in [-0.2, -0.15) is 0 Å². The largest absolute Gasteiger partial charge is 0.295 e. The van der Waals surface area contributed by atoms with E-state index < -0.39 is 0 Å². The SMILES string of the molecule is Cc1cnc(N(C)C(=O)c2ccccc2)c(Br)c1. The fourth-order valence-corrected chi connectivity index (χ4v) is 2.37. The van der Waals surface area contributed by atoms with Gasteiger partial charge in [0.1, 0.15) is 5.82 Å². The van der Waals surface area contributed by atoms with Crippen LogP contribution in [0.1, 0.15) is 15.9 Å².